The number of aliphatic hydroxyl groups is 1. The summed E-state index contributed by atoms with van der Waals surface area (Å²) < 4.78 is 31.7. The molecule has 11 heteroatoms. The van der Waals surface area contributed by atoms with Gasteiger partial charge in [0, 0.05) is 43.5 Å². The molecule has 2 saturated heterocycles. The van der Waals surface area contributed by atoms with Crippen molar-refractivity contribution in [3.63, 3.8) is 0 Å². The molecule has 0 saturated carbocycles. The topological polar surface area (TPSA) is 94.0 Å². The quantitative estimate of drug-likeness (QED) is 0.809. The van der Waals surface area contributed by atoms with Gasteiger partial charge in [-0.2, -0.15) is 13.2 Å². The largest absolute Gasteiger partial charge is 0.490 e. The Kier molecular flexibility index (Phi) is 6.01. The highest BCUT2D eigenvalue weighted by atomic mass is 32.1. The molecule has 2 aliphatic heterocycles. The lowest BCUT2D eigenvalue weighted by Crippen LogP contribution is -2.58. The molecule has 2 N–H and O–H groups in total. The number of carbonyl (C=O) groups is 2. The highest BCUT2D eigenvalue weighted by Gasteiger charge is 2.48. The summed E-state index contributed by atoms with van der Waals surface area (Å²) in [6.07, 6.45) is -4.01. The van der Waals surface area contributed by atoms with E-state index in [0.717, 1.165) is 39.1 Å². The zero-order valence-electron chi connectivity index (χ0n) is 13.2. The summed E-state index contributed by atoms with van der Waals surface area (Å²) in [5.41, 5.74) is 2.55. The van der Waals surface area contributed by atoms with Crippen LogP contribution in [-0.2, 0) is 4.79 Å². The van der Waals surface area contributed by atoms with Crippen molar-refractivity contribution >= 4 is 23.2 Å². The first-order valence-electron chi connectivity index (χ1n) is 7.48. The number of nitrogens with zero attached hydrogens (tertiary/aromatic N) is 3. The fourth-order valence-corrected chi connectivity index (χ4v) is 3.57. The number of carboxylic acids is 1. The monoisotopic (exact) mass is 381 g/mol. The summed E-state index contributed by atoms with van der Waals surface area (Å²) in [5.74, 6) is -2.69. The molecule has 3 rings (SSSR count). The van der Waals surface area contributed by atoms with E-state index >= 15 is 0 Å². The molecule has 1 aromatic rings. The van der Waals surface area contributed by atoms with Gasteiger partial charge in [0.05, 0.1) is 12.1 Å². The summed E-state index contributed by atoms with van der Waals surface area (Å²) in [4.78, 5) is 29.3. The molecule has 25 heavy (non-hydrogen) atoms. The number of carbonyl (C=O) groups excluding carboxylic acids is 1. The maximum absolute atomic E-state index is 12.2. The van der Waals surface area contributed by atoms with E-state index in [0.29, 0.717) is 5.69 Å². The number of likely N-dealkylation sites (tertiary alicyclic amines) is 2. The van der Waals surface area contributed by atoms with Gasteiger partial charge in [0.25, 0.3) is 5.91 Å². The number of halogens is 3. The maximum Gasteiger partial charge on any atom is 0.490 e. The van der Waals surface area contributed by atoms with E-state index in [9.17, 15) is 18.0 Å². The minimum atomic E-state index is -5.08. The summed E-state index contributed by atoms with van der Waals surface area (Å²) in [6, 6.07) is 0. The van der Waals surface area contributed by atoms with E-state index in [-0.39, 0.29) is 17.9 Å². The van der Waals surface area contributed by atoms with E-state index in [1.807, 2.05) is 10.3 Å². The lowest BCUT2D eigenvalue weighted by atomic mass is 9.79. The Hall–Kier alpha value is -1.72. The number of aromatic nitrogens is 1. The minimum absolute atomic E-state index is 0.0636. The standard InChI is InChI=1S/C12H17N3O2S.C2HF3O2/c16-4-3-14-6-12(7-14)1-2-15(8-12)11(17)10-5-18-9-13-10;3-2(4,5)1(6)7/h5,9,16H,1-4,6-8H2;(H,6,7). The Morgan fingerprint density at radius 1 is 1.32 bits per heavy atom. The molecule has 0 bridgehead atoms. The number of aliphatic carboxylic acids is 1. The molecule has 2 aliphatic rings. The number of hydrogen-bond acceptors (Lipinski definition) is 6. The van der Waals surface area contributed by atoms with E-state index in [1.165, 1.54) is 11.3 Å². The lowest BCUT2D eigenvalue weighted by Gasteiger charge is -2.47. The van der Waals surface area contributed by atoms with Gasteiger partial charge in [-0.3, -0.25) is 9.69 Å². The van der Waals surface area contributed by atoms with Crippen molar-refractivity contribution in [2.75, 3.05) is 39.3 Å². The fourth-order valence-electron chi connectivity index (χ4n) is 3.05. The van der Waals surface area contributed by atoms with Gasteiger partial charge in [-0.1, -0.05) is 0 Å². The molecule has 1 aromatic heterocycles. The first kappa shape index (κ1) is 19.6. The van der Waals surface area contributed by atoms with Crippen LogP contribution in [0.25, 0.3) is 0 Å². The molecule has 0 unspecified atom stereocenters. The van der Waals surface area contributed by atoms with Gasteiger partial charge in [-0.25, -0.2) is 9.78 Å². The third-order valence-electron chi connectivity index (χ3n) is 4.15. The average molecular weight is 381 g/mol. The van der Waals surface area contributed by atoms with Crippen LogP contribution in [0.2, 0.25) is 0 Å². The number of carboxylic acid groups (broad SMARTS) is 1. The Balaban J connectivity index is 0.000000277. The van der Waals surface area contributed by atoms with Gasteiger partial charge in [-0.15, -0.1) is 11.3 Å². The lowest BCUT2D eigenvalue weighted by molar-refractivity contribution is -0.192. The number of hydrogen-bond donors (Lipinski definition) is 2. The van der Waals surface area contributed by atoms with Crippen LogP contribution in [0.4, 0.5) is 13.2 Å². The van der Waals surface area contributed by atoms with Crippen LogP contribution in [0.3, 0.4) is 0 Å². The highest BCUT2D eigenvalue weighted by molar-refractivity contribution is 7.07. The summed E-state index contributed by atoms with van der Waals surface area (Å²) in [5, 5.41) is 17.8. The predicted molar refractivity (Wildman–Crippen MR) is 82.3 cm³/mol. The Labute approximate surface area is 145 Å². The Morgan fingerprint density at radius 3 is 2.44 bits per heavy atom. The highest BCUT2D eigenvalue weighted by Crippen LogP contribution is 2.39. The van der Waals surface area contributed by atoms with Gasteiger partial charge in [0.1, 0.15) is 5.69 Å². The molecule has 2 fully saturated rings. The average Bonchev–Trinajstić information content (AvgIpc) is 3.16. The molecule has 7 nitrogen and oxygen atoms in total. The third-order valence-corrected chi connectivity index (χ3v) is 4.74. The first-order valence-corrected chi connectivity index (χ1v) is 8.42. The second kappa shape index (κ2) is 7.67. The van der Waals surface area contributed by atoms with Crippen molar-refractivity contribution in [1.82, 2.24) is 14.8 Å². The SMILES string of the molecule is O=C(O)C(F)(F)F.O=C(c1cscn1)N1CCC2(CN(CCO)C2)C1. The number of alkyl halides is 3. The number of amides is 1. The van der Waals surface area contributed by atoms with Crippen LogP contribution in [0, 0.1) is 5.41 Å². The summed E-state index contributed by atoms with van der Waals surface area (Å²) in [6.45, 7) is 4.66. The molecular formula is C14H18F3N3O4S. The molecule has 0 aliphatic carbocycles. The fraction of sp³-hybridized carbons (Fsp3) is 0.643. The van der Waals surface area contributed by atoms with Crippen molar-refractivity contribution in [3.05, 3.63) is 16.6 Å². The normalized spacial score (nSPS) is 19.3. The van der Waals surface area contributed by atoms with E-state index < -0.39 is 12.1 Å². The van der Waals surface area contributed by atoms with Crippen molar-refractivity contribution in [3.8, 4) is 0 Å². The number of β-amino-alcohol motifs (C(OH)–C–C–N with tert-alkyl or cyclic N) is 1. The van der Waals surface area contributed by atoms with Crippen molar-refractivity contribution in [2.24, 2.45) is 5.41 Å². The van der Waals surface area contributed by atoms with Crippen LogP contribution < -0.4 is 0 Å². The molecule has 140 valence electrons. The molecule has 0 atom stereocenters. The maximum atomic E-state index is 12.2. The van der Waals surface area contributed by atoms with Gasteiger partial charge in [0.15, 0.2) is 0 Å². The van der Waals surface area contributed by atoms with Crippen LogP contribution in [0.15, 0.2) is 10.9 Å². The Morgan fingerprint density at radius 2 is 1.96 bits per heavy atom. The van der Waals surface area contributed by atoms with E-state index in [1.54, 1.807) is 5.51 Å². The van der Waals surface area contributed by atoms with Gasteiger partial charge >= 0.3 is 12.1 Å². The number of rotatable bonds is 3. The molecule has 1 amide bonds. The summed E-state index contributed by atoms with van der Waals surface area (Å²) >= 11 is 1.46. The van der Waals surface area contributed by atoms with Crippen LogP contribution >= 0.6 is 11.3 Å². The molecular weight excluding hydrogens is 363 g/mol. The van der Waals surface area contributed by atoms with E-state index in [2.05, 4.69) is 9.88 Å². The minimum Gasteiger partial charge on any atom is -0.475 e. The van der Waals surface area contributed by atoms with Crippen molar-refractivity contribution in [1.29, 1.82) is 0 Å². The zero-order valence-corrected chi connectivity index (χ0v) is 14.0. The first-order chi connectivity index (χ1) is 11.7. The van der Waals surface area contributed by atoms with Gasteiger partial charge in [-0.05, 0) is 6.42 Å². The summed E-state index contributed by atoms with van der Waals surface area (Å²) in [7, 11) is 0. The Bertz CT molecular complexity index is 603. The third kappa shape index (κ3) is 4.89. The smallest absolute Gasteiger partial charge is 0.475 e. The second-order valence-corrected chi connectivity index (χ2v) is 6.81. The molecule has 3 heterocycles. The van der Waals surface area contributed by atoms with Crippen molar-refractivity contribution < 1.29 is 33.0 Å². The molecule has 0 aromatic carbocycles. The van der Waals surface area contributed by atoms with Gasteiger partial charge < -0.3 is 15.1 Å². The predicted octanol–water partition coefficient (Wildman–Crippen LogP) is 0.917. The van der Waals surface area contributed by atoms with Crippen molar-refractivity contribution in [2.45, 2.75) is 12.6 Å². The van der Waals surface area contributed by atoms with E-state index in [4.69, 9.17) is 15.0 Å². The second-order valence-electron chi connectivity index (χ2n) is 6.09. The van der Waals surface area contributed by atoms with Gasteiger partial charge in [0.2, 0.25) is 0 Å². The number of aliphatic hydroxyl groups excluding tert-OH is 1. The molecule has 1 spiro atoms. The van der Waals surface area contributed by atoms with Crippen LogP contribution in [0.1, 0.15) is 16.9 Å². The van der Waals surface area contributed by atoms with Crippen LogP contribution in [0.5, 0.6) is 0 Å². The zero-order chi connectivity index (χ0) is 18.7. The van der Waals surface area contributed by atoms with Crippen LogP contribution in [-0.4, -0.2) is 82.4 Å². The number of thiazole rings is 1. The molecule has 0 radical (unpaired) electrons.